The van der Waals surface area contributed by atoms with Crippen LogP contribution in [-0.2, 0) is 6.54 Å². The fraction of sp³-hybridized carbons (Fsp3) is 0.0833. The summed E-state index contributed by atoms with van der Waals surface area (Å²) in [6, 6.07) is 19.1. The summed E-state index contributed by atoms with van der Waals surface area (Å²) in [7, 11) is 0. The number of hydrogen-bond acceptors (Lipinski definition) is 3. The molecule has 0 N–H and O–H groups in total. The first-order valence-corrected chi connectivity index (χ1v) is 9.78. The van der Waals surface area contributed by atoms with Crippen molar-refractivity contribution in [2.75, 3.05) is 0 Å². The summed E-state index contributed by atoms with van der Waals surface area (Å²) >= 11 is 6.32. The number of nitrogens with zero attached hydrogens (tertiary/aromatic N) is 1. The molecular weight excluding hydrogens is 405 g/mol. The number of amides is 1. The van der Waals surface area contributed by atoms with Gasteiger partial charge in [-0.2, -0.15) is 0 Å². The first-order chi connectivity index (χ1) is 14.5. The highest BCUT2D eigenvalue weighted by molar-refractivity contribution is 6.31. The van der Waals surface area contributed by atoms with Crippen LogP contribution >= 0.6 is 11.6 Å². The molecule has 148 valence electrons. The maximum atomic E-state index is 13.6. The maximum absolute atomic E-state index is 13.6. The number of hydrogen-bond donors (Lipinski definition) is 0. The van der Waals surface area contributed by atoms with Crippen LogP contribution in [0.15, 0.2) is 82.0 Å². The van der Waals surface area contributed by atoms with E-state index in [1.54, 1.807) is 47.4 Å². The SMILES string of the molecule is O=C1c2oc3ccccc3c(=O)c2[C@@H](c2ccc(F)cc2)N1Cc1ccccc1Cl. The van der Waals surface area contributed by atoms with Crippen molar-refractivity contribution >= 4 is 28.5 Å². The summed E-state index contributed by atoms with van der Waals surface area (Å²) in [6.07, 6.45) is 0. The molecule has 3 aromatic carbocycles. The summed E-state index contributed by atoms with van der Waals surface area (Å²) in [4.78, 5) is 28.2. The van der Waals surface area contributed by atoms with Gasteiger partial charge in [-0.1, -0.05) is 54.1 Å². The lowest BCUT2D eigenvalue weighted by Crippen LogP contribution is -2.29. The van der Waals surface area contributed by atoms with Crippen molar-refractivity contribution in [3.05, 3.63) is 116 Å². The van der Waals surface area contributed by atoms with Crippen molar-refractivity contribution in [3.63, 3.8) is 0 Å². The number of rotatable bonds is 3. The summed E-state index contributed by atoms with van der Waals surface area (Å²) in [5.74, 6) is -0.784. The first kappa shape index (κ1) is 18.6. The molecule has 1 aliphatic heterocycles. The zero-order valence-corrected chi connectivity index (χ0v) is 16.4. The van der Waals surface area contributed by atoms with Gasteiger partial charge in [0, 0.05) is 11.6 Å². The van der Waals surface area contributed by atoms with E-state index in [1.807, 2.05) is 18.2 Å². The third-order valence-electron chi connectivity index (χ3n) is 5.36. The van der Waals surface area contributed by atoms with Crippen LogP contribution in [0.3, 0.4) is 0 Å². The van der Waals surface area contributed by atoms with Gasteiger partial charge in [0.1, 0.15) is 11.4 Å². The van der Waals surface area contributed by atoms with Crippen molar-refractivity contribution in [1.29, 1.82) is 0 Å². The van der Waals surface area contributed by atoms with Gasteiger partial charge in [-0.3, -0.25) is 9.59 Å². The number of carbonyl (C=O) groups is 1. The third-order valence-corrected chi connectivity index (χ3v) is 5.73. The first-order valence-electron chi connectivity index (χ1n) is 9.40. The Balaban J connectivity index is 1.73. The quantitative estimate of drug-likeness (QED) is 0.451. The zero-order chi connectivity index (χ0) is 20.8. The highest BCUT2D eigenvalue weighted by Gasteiger charge is 2.42. The Morgan fingerprint density at radius 3 is 2.40 bits per heavy atom. The number of carbonyl (C=O) groups excluding carboxylic acids is 1. The monoisotopic (exact) mass is 419 g/mol. The molecule has 5 rings (SSSR count). The molecule has 0 unspecified atom stereocenters. The lowest BCUT2D eigenvalue weighted by atomic mass is 9.98. The van der Waals surface area contributed by atoms with Crippen molar-refractivity contribution in [2.45, 2.75) is 12.6 Å². The largest absolute Gasteiger partial charge is 0.450 e. The van der Waals surface area contributed by atoms with Crippen molar-refractivity contribution in [2.24, 2.45) is 0 Å². The second kappa shape index (κ2) is 7.11. The Hall–Kier alpha value is -3.44. The van der Waals surface area contributed by atoms with Crippen LogP contribution < -0.4 is 5.43 Å². The Morgan fingerprint density at radius 2 is 1.63 bits per heavy atom. The summed E-state index contributed by atoms with van der Waals surface area (Å²) < 4.78 is 19.4. The Bertz CT molecular complexity index is 1350. The summed E-state index contributed by atoms with van der Waals surface area (Å²) in [5, 5.41) is 0.916. The molecule has 4 nitrogen and oxygen atoms in total. The van der Waals surface area contributed by atoms with E-state index < -0.39 is 17.8 Å². The molecule has 6 heteroatoms. The molecular formula is C24H15ClFNO3. The van der Waals surface area contributed by atoms with Crippen molar-refractivity contribution in [3.8, 4) is 0 Å². The van der Waals surface area contributed by atoms with Crippen LogP contribution in [0.25, 0.3) is 11.0 Å². The Morgan fingerprint density at radius 1 is 0.933 bits per heavy atom. The molecule has 1 aromatic heterocycles. The number of para-hydroxylation sites is 1. The third kappa shape index (κ3) is 2.90. The second-order valence-electron chi connectivity index (χ2n) is 7.15. The molecule has 30 heavy (non-hydrogen) atoms. The van der Waals surface area contributed by atoms with Gasteiger partial charge in [-0.15, -0.1) is 0 Å². The lowest BCUT2D eigenvalue weighted by Gasteiger charge is -2.25. The molecule has 0 bridgehead atoms. The highest BCUT2D eigenvalue weighted by Crippen LogP contribution is 2.39. The van der Waals surface area contributed by atoms with E-state index in [0.29, 0.717) is 21.6 Å². The fourth-order valence-corrected chi connectivity index (χ4v) is 4.13. The van der Waals surface area contributed by atoms with Gasteiger partial charge in [-0.05, 0) is 41.5 Å². The molecule has 0 saturated carbocycles. The van der Waals surface area contributed by atoms with Crippen molar-refractivity contribution in [1.82, 2.24) is 4.90 Å². The molecule has 0 fully saturated rings. The van der Waals surface area contributed by atoms with Crippen molar-refractivity contribution < 1.29 is 13.6 Å². The molecule has 0 saturated heterocycles. The normalized spacial score (nSPS) is 15.6. The second-order valence-corrected chi connectivity index (χ2v) is 7.56. The number of halogens is 2. The van der Waals surface area contributed by atoms with Crippen LogP contribution in [0, 0.1) is 5.82 Å². The topological polar surface area (TPSA) is 50.5 Å². The van der Waals surface area contributed by atoms with Gasteiger partial charge in [0.25, 0.3) is 5.91 Å². The molecule has 1 aliphatic rings. The minimum absolute atomic E-state index is 0.0140. The van der Waals surface area contributed by atoms with E-state index in [0.717, 1.165) is 5.56 Å². The Labute approximate surface area is 176 Å². The van der Waals surface area contributed by atoms with E-state index >= 15 is 0 Å². The molecule has 2 heterocycles. The zero-order valence-electron chi connectivity index (χ0n) is 15.6. The van der Waals surface area contributed by atoms with Crippen LogP contribution in [0.5, 0.6) is 0 Å². The average Bonchev–Trinajstić information content (AvgIpc) is 3.03. The van der Waals surface area contributed by atoms with E-state index in [4.69, 9.17) is 16.0 Å². The standard InChI is InChI=1S/C24H15ClFNO3/c25-18-7-3-1-5-15(18)13-27-21(14-9-11-16(26)12-10-14)20-22(28)17-6-2-4-8-19(17)30-23(20)24(27)29/h1-12,21H,13H2/t21-/m1/s1. The molecule has 1 amide bonds. The average molecular weight is 420 g/mol. The maximum Gasteiger partial charge on any atom is 0.291 e. The fourth-order valence-electron chi connectivity index (χ4n) is 3.93. The van der Waals surface area contributed by atoms with Gasteiger partial charge in [-0.25, -0.2) is 4.39 Å². The Kier molecular flexibility index (Phi) is 4.40. The van der Waals surface area contributed by atoms with Gasteiger partial charge >= 0.3 is 0 Å². The molecule has 0 aliphatic carbocycles. The van der Waals surface area contributed by atoms with Gasteiger partial charge in [0.05, 0.1) is 17.0 Å². The molecule has 0 radical (unpaired) electrons. The van der Waals surface area contributed by atoms with Gasteiger partial charge < -0.3 is 9.32 Å². The summed E-state index contributed by atoms with van der Waals surface area (Å²) in [6.45, 7) is 0.181. The van der Waals surface area contributed by atoms with Crippen LogP contribution in [0.2, 0.25) is 5.02 Å². The minimum atomic E-state index is -0.703. The van der Waals surface area contributed by atoms with Crippen LogP contribution in [0.1, 0.15) is 33.3 Å². The van der Waals surface area contributed by atoms with Crippen LogP contribution in [-0.4, -0.2) is 10.8 Å². The van der Waals surface area contributed by atoms with Crippen LogP contribution in [0.4, 0.5) is 4.39 Å². The smallest absolute Gasteiger partial charge is 0.291 e. The van der Waals surface area contributed by atoms with Gasteiger partial charge in [0.15, 0.2) is 5.43 Å². The predicted molar refractivity (Wildman–Crippen MR) is 112 cm³/mol. The minimum Gasteiger partial charge on any atom is -0.450 e. The molecule has 1 atom stereocenters. The highest BCUT2D eigenvalue weighted by atomic mass is 35.5. The lowest BCUT2D eigenvalue weighted by molar-refractivity contribution is 0.0714. The molecule has 0 spiro atoms. The van der Waals surface area contributed by atoms with E-state index in [9.17, 15) is 14.0 Å². The number of benzene rings is 3. The summed E-state index contributed by atoms with van der Waals surface area (Å²) in [5.41, 5.74) is 1.71. The van der Waals surface area contributed by atoms with E-state index in [2.05, 4.69) is 0 Å². The molecule has 4 aromatic rings. The predicted octanol–water partition coefficient (Wildman–Crippen LogP) is 5.33. The van der Waals surface area contributed by atoms with E-state index in [-0.39, 0.29) is 23.3 Å². The van der Waals surface area contributed by atoms with E-state index in [1.165, 1.54) is 12.1 Å². The van der Waals surface area contributed by atoms with Gasteiger partial charge in [0.2, 0.25) is 5.76 Å². The number of fused-ring (bicyclic) bond motifs is 2.